The number of anilines is 2. The highest BCUT2D eigenvalue weighted by atomic mass is 16.5. The highest BCUT2D eigenvalue weighted by molar-refractivity contribution is 5.49. The standard InChI is InChI=1S/C13H22N4O/c1-4-18-11-5-7-17(8-6-11)13-9-12(14-3)15-10(2)16-13/h9,11H,4-8H2,1-3H3,(H,14,15,16). The van der Waals surface area contributed by atoms with Crippen molar-refractivity contribution in [2.75, 3.05) is 37.0 Å². The first-order valence-corrected chi connectivity index (χ1v) is 6.63. The van der Waals surface area contributed by atoms with Gasteiger partial charge in [-0.25, -0.2) is 9.97 Å². The zero-order chi connectivity index (χ0) is 13.0. The van der Waals surface area contributed by atoms with Crippen LogP contribution >= 0.6 is 0 Å². The molecule has 0 aliphatic carbocycles. The summed E-state index contributed by atoms with van der Waals surface area (Å²) in [6.07, 6.45) is 2.57. The van der Waals surface area contributed by atoms with Gasteiger partial charge in [0.05, 0.1) is 6.10 Å². The molecule has 0 unspecified atom stereocenters. The van der Waals surface area contributed by atoms with Crippen molar-refractivity contribution in [1.82, 2.24) is 9.97 Å². The third-order valence-corrected chi connectivity index (χ3v) is 3.25. The third-order valence-electron chi connectivity index (χ3n) is 3.25. The summed E-state index contributed by atoms with van der Waals surface area (Å²) < 4.78 is 5.66. The number of nitrogens with one attached hydrogen (secondary N) is 1. The Bertz CT molecular complexity index is 389. The van der Waals surface area contributed by atoms with E-state index in [0.717, 1.165) is 50.0 Å². The van der Waals surface area contributed by atoms with E-state index in [0.29, 0.717) is 6.10 Å². The van der Waals surface area contributed by atoms with Crippen molar-refractivity contribution in [2.24, 2.45) is 0 Å². The molecule has 0 radical (unpaired) electrons. The quantitative estimate of drug-likeness (QED) is 0.883. The molecule has 0 atom stereocenters. The highest BCUT2D eigenvalue weighted by Crippen LogP contribution is 2.21. The largest absolute Gasteiger partial charge is 0.378 e. The van der Waals surface area contributed by atoms with E-state index in [9.17, 15) is 0 Å². The molecule has 0 saturated carbocycles. The van der Waals surface area contributed by atoms with E-state index < -0.39 is 0 Å². The van der Waals surface area contributed by atoms with E-state index in [-0.39, 0.29) is 0 Å². The monoisotopic (exact) mass is 250 g/mol. The van der Waals surface area contributed by atoms with Gasteiger partial charge in [-0.3, -0.25) is 0 Å². The molecule has 2 heterocycles. The first-order valence-electron chi connectivity index (χ1n) is 6.63. The molecular formula is C13H22N4O. The number of ether oxygens (including phenoxy) is 1. The number of aromatic nitrogens is 2. The summed E-state index contributed by atoms with van der Waals surface area (Å²) in [5.41, 5.74) is 0. The van der Waals surface area contributed by atoms with Crippen molar-refractivity contribution >= 4 is 11.6 Å². The molecule has 2 rings (SSSR count). The van der Waals surface area contributed by atoms with Crippen LogP contribution in [-0.4, -0.2) is 42.8 Å². The fraction of sp³-hybridized carbons (Fsp3) is 0.692. The summed E-state index contributed by atoms with van der Waals surface area (Å²) in [7, 11) is 1.88. The normalized spacial score (nSPS) is 16.9. The van der Waals surface area contributed by atoms with E-state index in [2.05, 4.69) is 27.1 Å². The maximum Gasteiger partial charge on any atom is 0.134 e. The number of nitrogens with zero attached hydrogens (tertiary/aromatic N) is 3. The van der Waals surface area contributed by atoms with Gasteiger partial charge in [0.15, 0.2) is 0 Å². The van der Waals surface area contributed by atoms with Gasteiger partial charge in [-0.15, -0.1) is 0 Å². The topological polar surface area (TPSA) is 50.3 Å². The van der Waals surface area contributed by atoms with Crippen LogP contribution in [0.4, 0.5) is 11.6 Å². The average molecular weight is 250 g/mol. The van der Waals surface area contributed by atoms with Crippen LogP contribution in [-0.2, 0) is 4.74 Å². The molecule has 1 fully saturated rings. The van der Waals surface area contributed by atoms with Gasteiger partial charge in [-0.2, -0.15) is 0 Å². The van der Waals surface area contributed by atoms with Crippen LogP contribution in [0.2, 0.25) is 0 Å². The zero-order valence-electron chi connectivity index (χ0n) is 11.4. The van der Waals surface area contributed by atoms with Crippen molar-refractivity contribution in [3.05, 3.63) is 11.9 Å². The minimum absolute atomic E-state index is 0.415. The van der Waals surface area contributed by atoms with Crippen LogP contribution in [0.25, 0.3) is 0 Å². The third kappa shape index (κ3) is 3.10. The summed E-state index contributed by atoms with van der Waals surface area (Å²) in [4.78, 5) is 11.1. The van der Waals surface area contributed by atoms with Crippen LogP contribution in [0.5, 0.6) is 0 Å². The summed E-state index contributed by atoms with van der Waals surface area (Å²) in [5.74, 6) is 2.70. The predicted molar refractivity (Wildman–Crippen MR) is 73.2 cm³/mol. The molecule has 100 valence electrons. The smallest absolute Gasteiger partial charge is 0.134 e. The van der Waals surface area contributed by atoms with Crippen LogP contribution in [0.15, 0.2) is 6.07 Å². The molecule has 1 aliphatic heterocycles. The Morgan fingerprint density at radius 2 is 2.11 bits per heavy atom. The molecule has 5 heteroatoms. The molecule has 0 bridgehead atoms. The second-order valence-electron chi connectivity index (χ2n) is 4.55. The minimum atomic E-state index is 0.415. The van der Waals surface area contributed by atoms with E-state index in [1.807, 2.05) is 20.0 Å². The molecule has 0 amide bonds. The van der Waals surface area contributed by atoms with Gasteiger partial charge in [-0.1, -0.05) is 0 Å². The Morgan fingerprint density at radius 3 is 2.72 bits per heavy atom. The van der Waals surface area contributed by atoms with Crippen molar-refractivity contribution in [1.29, 1.82) is 0 Å². The second-order valence-corrected chi connectivity index (χ2v) is 4.55. The van der Waals surface area contributed by atoms with Gasteiger partial charge >= 0.3 is 0 Å². The molecule has 0 spiro atoms. The van der Waals surface area contributed by atoms with Crippen LogP contribution in [0.3, 0.4) is 0 Å². The highest BCUT2D eigenvalue weighted by Gasteiger charge is 2.20. The number of hydrogen-bond donors (Lipinski definition) is 1. The summed E-state index contributed by atoms with van der Waals surface area (Å²) >= 11 is 0. The van der Waals surface area contributed by atoms with E-state index in [4.69, 9.17) is 4.74 Å². The Labute approximate surface area is 109 Å². The summed E-state index contributed by atoms with van der Waals surface area (Å²) in [6.45, 7) is 6.80. The lowest BCUT2D eigenvalue weighted by Crippen LogP contribution is -2.37. The average Bonchev–Trinajstić information content (AvgIpc) is 2.39. The van der Waals surface area contributed by atoms with Crippen molar-refractivity contribution in [2.45, 2.75) is 32.8 Å². The Hall–Kier alpha value is -1.36. The lowest BCUT2D eigenvalue weighted by molar-refractivity contribution is 0.0458. The van der Waals surface area contributed by atoms with Gasteiger partial charge < -0.3 is 15.0 Å². The van der Waals surface area contributed by atoms with Crippen molar-refractivity contribution < 1.29 is 4.74 Å². The van der Waals surface area contributed by atoms with Gasteiger partial charge in [-0.05, 0) is 26.7 Å². The maximum atomic E-state index is 5.66. The molecule has 0 aromatic carbocycles. The SMILES string of the molecule is CCOC1CCN(c2cc(NC)nc(C)n2)CC1. The van der Waals surface area contributed by atoms with Crippen molar-refractivity contribution in [3.8, 4) is 0 Å². The summed E-state index contributed by atoms with van der Waals surface area (Å²) in [6, 6.07) is 2.01. The molecule has 1 aromatic rings. The fourth-order valence-corrected chi connectivity index (χ4v) is 2.33. The van der Waals surface area contributed by atoms with Gasteiger partial charge in [0.2, 0.25) is 0 Å². The zero-order valence-corrected chi connectivity index (χ0v) is 11.4. The van der Waals surface area contributed by atoms with Gasteiger partial charge in [0, 0.05) is 32.8 Å². The van der Waals surface area contributed by atoms with E-state index >= 15 is 0 Å². The number of hydrogen-bond acceptors (Lipinski definition) is 5. The molecule has 1 saturated heterocycles. The minimum Gasteiger partial charge on any atom is -0.378 e. The Kier molecular flexibility index (Phi) is 4.36. The molecular weight excluding hydrogens is 228 g/mol. The van der Waals surface area contributed by atoms with Crippen molar-refractivity contribution in [3.63, 3.8) is 0 Å². The summed E-state index contributed by atoms with van der Waals surface area (Å²) in [5, 5.41) is 3.07. The Balaban J connectivity index is 2.02. The molecule has 1 aliphatic rings. The van der Waals surface area contributed by atoms with Gasteiger partial charge in [0.25, 0.3) is 0 Å². The molecule has 1 aromatic heterocycles. The number of aryl methyl sites for hydroxylation is 1. The first kappa shape index (κ1) is 13.1. The predicted octanol–water partition coefficient (Wildman–Crippen LogP) is 1.83. The van der Waals surface area contributed by atoms with Crippen LogP contribution < -0.4 is 10.2 Å². The fourth-order valence-electron chi connectivity index (χ4n) is 2.33. The number of piperidine rings is 1. The Morgan fingerprint density at radius 1 is 1.39 bits per heavy atom. The van der Waals surface area contributed by atoms with Gasteiger partial charge in [0.1, 0.15) is 17.5 Å². The molecule has 5 nitrogen and oxygen atoms in total. The molecule has 18 heavy (non-hydrogen) atoms. The lowest BCUT2D eigenvalue weighted by atomic mass is 10.1. The molecule has 1 N–H and O–H groups in total. The second kappa shape index (κ2) is 6.00. The first-order chi connectivity index (χ1) is 8.72. The van der Waals surface area contributed by atoms with E-state index in [1.54, 1.807) is 0 Å². The van der Waals surface area contributed by atoms with E-state index in [1.165, 1.54) is 0 Å². The maximum absolute atomic E-state index is 5.66. The number of rotatable bonds is 4. The van der Waals surface area contributed by atoms with Crippen LogP contribution in [0, 0.1) is 6.92 Å². The van der Waals surface area contributed by atoms with Crippen LogP contribution in [0.1, 0.15) is 25.6 Å². The lowest BCUT2D eigenvalue weighted by Gasteiger charge is -2.32.